The van der Waals surface area contributed by atoms with Crippen molar-refractivity contribution in [3.05, 3.63) is 36.4 Å². The molecule has 0 aliphatic rings. The topological polar surface area (TPSA) is 61.5 Å². The quantitative estimate of drug-likeness (QED) is 0.448. The number of ether oxygens (including phenoxy) is 2. The minimum Gasteiger partial charge on any atom is -0.479 e. The molecule has 0 saturated carbocycles. The molecule has 124 valence electrons. The van der Waals surface area contributed by atoms with Crippen LogP contribution in [0.1, 0.15) is 39.5 Å². The van der Waals surface area contributed by atoms with Gasteiger partial charge in [0.1, 0.15) is 5.75 Å². The second-order valence-electron chi connectivity index (χ2n) is 5.59. The Balaban J connectivity index is 2.18. The Morgan fingerprint density at radius 1 is 1.17 bits per heavy atom. The van der Waals surface area contributed by atoms with Gasteiger partial charge < -0.3 is 15.2 Å². The zero-order chi connectivity index (χ0) is 16.7. The summed E-state index contributed by atoms with van der Waals surface area (Å²) in [6, 6.07) is 11.5. The maximum Gasteiger partial charge on any atom is 0.347 e. The SMILES string of the molecule is CCCCC[C@@H](Oc1cc(N)c2ccccc2c1)C(=O)OCC. The lowest BCUT2D eigenvalue weighted by Gasteiger charge is -2.18. The van der Waals surface area contributed by atoms with Crippen molar-refractivity contribution in [3.63, 3.8) is 0 Å². The van der Waals surface area contributed by atoms with Crippen molar-refractivity contribution >= 4 is 22.4 Å². The van der Waals surface area contributed by atoms with E-state index in [0.29, 0.717) is 24.5 Å². The predicted octanol–water partition coefficient (Wildman–Crippen LogP) is 4.31. The van der Waals surface area contributed by atoms with E-state index in [4.69, 9.17) is 15.2 Å². The maximum absolute atomic E-state index is 12.1. The molecular weight excluding hydrogens is 290 g/mol. The zero-order valence-electron chi connectivity index (χ0n) is 13.9. The lowest BCUT2D eigenvalue weighted by Crippen LogP contribution is -2.29. The van der Waals surface area contributed by atoms with E-state index in [1.165, 1.54) is 0 Å². The van der Waals surface area contributed by atoms with Gasteiger partial charge in [0, 0.05) is 17.1 Å². The standard InChI is InChI=1S/C19H25NO3/c1-3-5-6-11-18(19(21)22-4-2)23-15-12-14-9-7-8-10-16(14)17(20)13-15/h7-10,12-13,18H,3-6,11,20H2,1-2H3/t18-/m1/s1. The van der Waals surface area contributed by atoms with Gasteiger partial charge in [-0.2, -0.15) is 0 Å². The van der Waals surface area contributed by atoms with Crippen molar-refractivity contribution in [2.45, 2.75) is 45.6 Å². The van der Waals surface area contributed by atoms with E-state index in [2.05, 4.69) is 6.92 Å². The maximum atomic E-state index is 12.1. The molecule has 0 radical (unpaired) electrons. The van der Waals surface area contributed by atoms with Crippen LogP contribution in [-0.4, -0.2) is 18.7 Å². The van der Waals surface area contributed by atoms with Crippen molar-refractivity contribution in [1.82, 2.24) is 0 Å². The van der Waals surface area contributed by atoms with E-state index in [0.717, 1.165) is 30.0 Å². The molecule has 0 aliphatic carbocycles. The van der Waals surface area contributed by atoms with Crippen LogP contribution in [0.3, 0.4) is 0 Å². The van der Waals surface area contributed by atoms with Crippen molar-refractivity contribution in [1.29, 1.82) is 0 Å². The van der Waals surface area contributed by atoms with Gasteiger partial charge in [0.2, 0.25) is 0 Å². The van der Waals surface area contributed by atoms with Crippen LogP contribution in [0, 0.1) is 0 Å². The lowest BCUT2D eigenvalue weighted by atomic mass is 10.1. The third-order valence-electron chi connectivity index (χ3n) is 3.77. The van der Waals surface area contributed by atoms with Crippen LogP contribution in [-0.2, 0) is 9.53 Å². The van der Waals surface area contributed by atoms with Crippen LogP contribution in [0.2, 0.25) is 0 Å². The van der Waals surface area contributed by atoms with E-state index >= 15 is 0 Å². The Kier molecular flexibility index (Phi) is 6.27. The number of hydrogen-bond acceptors (Lipinski definition) is 4. The highest BCUT2D eigenvalue weighted by Gasteiger charge is 2.21. The molecule has 2 aromatic rings. The smallest absolute Gasteiger partial charge is 0.347 e. The van der Waals surface area contributed by atoms with Crippen molar-refractivity contribution < 1.29 is 14.3 Å². The zero-order valence-corrected chi connectivity index (χ0v) is 13.9. The molecule has 2 aromatic carbocycles. The monoisotopic (exact) mass is 315 g/mol. The molecule has 0 aromatic heterocycles. The summed E-state index contributed by atoms with van der Waals surface area (Å²) in [7, 11) is 0. The first kappa shape index (κ1) is 17.1. The third kappa shape index (κ3) is 4.62. The molecule has 1 atom stereocenters. The second kappa shape index (κ2) is 8.42. The van der Waals surface area contributed by atoms with Crippen LogP contribution in [0.4, 0.5) is 5.69 Å². The summed E-state index contributed by atoms with van der Waals surface area (Å²) in [5, 5.41) is 1.98. The molecule has 0 amide bonds. The Bertz CT molecular complexity index is 654. The first-order chi connectivity index (χ1) is 11.2. The largest absolute Gasteiger partial charge is 0.479 e. The minimum absolute atomic E-state index is 0.310. The van der Waals surface area contributed by atoms with E-state index in [9.17, 15) is 4.79 Å². The van der Waals surface area contributed by atoms with E-state index in [1.54, 1.807) is 13.0 Å². The molecule has 0 bridgehead atoms. The molecule has 2 N–H and O–H groups in total. The van der Waals surface area contributed by atoms with E-state index < -0.39 is 6.10 Å². The summed E-state index contributed by atoms with van der Waals surface area (Å²) in [6.07, 6.45) is 3.17. The van der Waals surface area contributed by atoms with Gasteiger partial charge in [0.15, 0.2) is 6.10 Å². The van der Waals surface area contributed by atoms with E-state index in [-0.39, 0.29) is 5.97 Å². The summed E-state index contributed by atoms with van der Waals surface area (Å²) in [5.41, 5.74) is 6.74. The number of esters is 1. The Labute approximate surface area is 137 Å². The van der Waals surface area contributed by atoms with Crippen LogP contribution in [0.15, 0.2) is 36.4 Å². The fourth-order valence-corrected chi connectivity index (χ4v) is 2.58. The van der Waals surface area contributed by atoms with Crippen molar-refractivity contribution in [2.75, 3.05) is 12.3 Å². The molecule has 4 heteroatoms. The highest BCUT2D eigenvalue weighted by molar-refractivity contribution is 5.94. The van der Waals surface area contributed by atoms with Gasteiger partial charge in [-0.25, -0.2) is 4.79 Å². The Morgan fingerprint density at radius 3 is 2.70 bits per heavy atom. The summed E-state index contributed by atoms with van der Waals surface area (Å²) < 4.78 is 11.0. The van der Waals surface area contributed by atoms with Gasteiger partial charge in [0.05, 0.1) is 6.61 Å². The summed E-state index contributed by atoms with van der Waals surface area (Å²) in [5.74, 6) is 0.297. The van der Waals surface area contributed by atoms with Gasteiger partial charge in [-0.15, -0.1) is 0 Å². The molecule has 0 spiro atoms. The molecule has 0 unspecified atom stereocenters. The number of benzene rings is 2. The molecule has 0 heterocycles. The molecule has 0 fully saturated rings. The number of nitrogen functional groups attached to an aromatic ring is 1. The van der Waals surface area contributed by atoms with Crippen LogP contribution in [0.25, 0.3) is 10.8 Å². The lowest BCUT2D eigenvalue weighted by molar-refractivity contribution is -0.151. The average Bonchev–Trinajstić information content (AvgIpc) is 2.54. The van der Waals surface area contributed by atoms with Crippen LogP contribution >= 0.6 is 0 Å². The van der Waals surface area contributed by atoms with Crippen LogP contribution in [0.5, 0.6) is 5.75 Å². The molecule has 0 saturated heterocycles. The summed E-state index contributed by atoms with van der Waals surface area (Å²) >= 11 is 0. The summed E-state index contributed by atoms with van der Waals surface area (Å²) in [4.78, 5) is 12.1. The number of fused-ring (bicyclic) bond motifs is 1. The third-order valence-corrected chi connectivity index (χ3v) is 3.77. The number of hydrogen-bond donors (Lipinski definition) is 1. The average molecular weight is 315 g/mol. The summed E-state index contributed by atoms with van der Waals surface area (Å²) in [6.45, 7) is 4.28. The fourth-order valence-electron chi connectivity index (χ4n) is 2.58. The van der Waals surface area contributed by atoms with Crippen LogP contribution < -0.4 is 10.5 Å². The number of unbranched alkanes of at least 4 members (excludes halogenated alkanes) is 2. The molecule has 23 heavy (non-hydrogen) atoms. The predicted molar refractivity (Wildman–Crippen MR) is 93.6 cm³/mol. The molecule has 2 rings (SSSR count). The van der Waals surface area contributed by atoms with Gasteiger partial charge in [0.25, 0.3) is 0 Å². The highest BCUT2D eigenvalue weighted by Crippen LogP contribution is 2.28. The van der Waals surface area contributed by atoms with Gasteiger partial charge in [-0.05, 0) is 31.2 Å². The van der Waals surface area contributed by atoms with Gasteiger partial charge in [-0.1, -0.05) is 44.0 Å². The molecule has 4 nitrogen and oxygen atoms in total. The number of nitrogens with two attached hydrogens (primary N) is 1. The molecular formula is C19H25NO3. The van der Waals surface area contributed by atoms with Crippen molar-refractivity contribution in [2.24, 2.45) is 0 Å². The first-order valence-electron chi connectivity index (χ1n) is 8.27. The first-order valence-corrected chi connectivity index (χ1v) is 8.27. The van der Waals surface area contributed by atoms with Gasteiger partial charge in [-0.3, -0.25) is 0 Å². The Hall–Kier alpha value is -2.23. The molecule has 0 aliphatic heterocycles. The number of rotatable bonds is 8. The number of anilines is 1. The highest BCUT2D eigenvalue weighted by atomic mass is 16.6. The normalized spacial score (nSPS) is 12.1. The minimum atomic E-state index is -0.581. The second-order valence-corrected chi connectivity index (χ2v) is 5.59. The van der Waals surface area contributed by atoms with E-state index in [1.807, 2.05) is 30.3 Å². The van der Waals surface area contributed by atoms with Crippen molar-refractivity contribution in [3.8, 4) is 5.75 Å². The van der Waals surface area contributed by atoms with Gasteiger partial charge >= 0.3 is 5.97 Å². The fraction of sp³-hybridized carbons (Fsp3) is 0.421. The Morgan fingerprint density at radius 2 is 1.96 bits per heavy atom. The number of carbonyl (C=O) groups excluding carboxylic acids is 1. The number of carbonyl (C=O) groups is 1.